The van der Waals surface area contributed by atoms with Crippen molar-refractivity contribution in [2.24, 2.45) is 0 Å². The van der Waals surface area contributed by atoms with Crippen LogP contribution in [0.25, 0.3) is 0 Å². The van der Waals surface area contributed by atoms with E-state index < -0.39 is 0 Å². The number of hydrogen-bond donors (Lipinski definition) is 0. The van der Waals surface area contributed by atoms with Crippen LogP contribution >= 0.6 is 22.6 Å². The van der Waals surface area contributed by atoms with Gasteiger partial charge in [0.1, 0.15) is 0 Å². The second-order valence-electron chi connectivity index (χ2n) is 2.50. The highest BCUT2D eigenvalue weighted by molar-refractivity contribution is 14.1. The maximum absolute atomic E-state index is 4.28. The molecule has 1 aromatic rings. The Morgan fingerprint density at radius 2 is 2.09 bits per heavy atom. The van der Waals surface area contributed by atoms with E-state index in [4.69, 9.17) is 0 Å². The minimum absolute atomic E-state index is 0.767. The molecule has 0 amide bonds. The van der Waals surface area contributed by atoms with Crippen LogP contribution in [0.3, 0.4) is 0 Å². The summed E-state index contributed by atoms with van der Waals surface area (Å²) in [5.41, 5.74) is 1.03. The topological polar surface area (TPSA) is 29.0 Å². The summed E-state index contributed by atoms with van der Waals surface area (Å²) in [6.45, 7) is 1.98. The highest BCUT2D eigenvalue weighted by Crippen LogP contribution is 2.10. The van der Waals surface area contributed by atoms with Gasteiger partial charge in [0, 0.05) is 20.3 Å². The van der Waals surface area contributed by atoms with E-state index in [1.54, 1.807) is 0 Å². The molecule has 4 heteroatoms. The average molecular weight is 263 g/mol. The van der Waals surface area contributed by atoms with Crippen LogP contribution in [0.1, 0.15) is 5.69 Å². The molecule has 0 N–H and O–H groups in total. The number of anilines is 1. The Balaban J connectivity index is 3.05. The molecule has 0 bridgehead atoms. The first kappa shape index (κ1) is 8.70. The highest BCUT2D eigenvalue weighted by Gasteiger charge is 2.00. The van der Waals surface area contributed by atoms with E-state index >= 15 is 0 Å². The summed E-state index contributed by atoms with van der Waals surface area (Å²) in [6, 6.07) is 0. The summed E-state index contributed by atoms with van der Waals surface area (Å²) in [4.78, 5) is 10.3. The van der Waals surface area contributed by atoms with Crippen LogP contribution in [0.5, 0.6) is 0 Å². The quantitative estimate of drug-likeness (QED) is 0.718. The third-order valence-corrected chi connectivity index (χ3v) is 2.37. The van der Waals surface area contributed by atoms with Crippen molar-refractivity contribution in [1.29, 1.82) is 0 Å². The van der Waals surface area contributed by atoms with E-state index in [2.05, 4.69) is 32.6 Å². The fourth-order valence-corrected chi connectivity index (χ4v) is 0.915. The summed E-state index contributed by atoms with van der Waals surface area (Å²) in [5, 5.41) is 0. The standard InChI is InChI=1S/C7H10IN3/c1-5-6(8)4-9-7(10-5)11(2)3/h4H,1-3H3. The highest BCUT2D eigenvalue weighted by atomic mass is 127. The Hall–Kier alpha value is -0.390. The van der Waals surface area contributed by atoms with Gasteiger partial charge in [0.05, 0.1) is 9.26 Å². The summed E-state index contributed by atoms with van der Waals surface area (Å²) in [7, 11) is 3.86. The van der Waals surface area contributed by atoms with Gasteiger partial charge in [0.25, 0.3) is 0 Å². The lowest BCUT2D eigenvalue weighted by atomic mass is 10.5. The van der Waals surface area contributed by atoms with E-state index in [-0.39, 0.29) is 0 Å². The maximum Gasteiger partial charge on any atom is 0.225 e. The van der Waals surface area contributed by atoms with Gasteiger partial charge in [-0.3, -0.25) is 0 Å². The van der Waals surface area contributed by atoms with Gasteiger partial charge in [-0.25, -0.2) is 9.97 Å². The number of aromatic nitrogens is 2. The maximum atomic E-state index is 4.28. The third kappa shape index (κ3) is 2.02. The predicted octanol–water partition coefficient (Wildman–Crippen LogP) is 1.46. The lowest BCUT2D eigenvalue weighted by Gasteiger charge is -2.09. The molecule has 0 aliphatic carbocycles. The monoisotopic (exact) mass is 263 g/mol. The number of aryl methyl sites for hydroxylation is 1. The van der Waals surface area contributed by atoms with Crippen LogP contribution in [0.15, 0.2) is 6.20 Å². The van der Waals surface area contributed by atoms with Crippen molar-refractivity contribution in [3.8, 4) is 0 Å². The first-order chi connectivity index (χ1) is 5.11. The van der Waals surface area contributed by atoms with E-state index in [0.717, 1.165) is 15.2 Å². The molecule has 0 saturated carbocycles. The van der Waals surface area contributed by atoms with E-state index in [9.17, 15) is 0 Å². The van der Waals surface area contributed by atoms with Gasteiger partial charge in [0.2, 0.25) is 5.95 Å². The van der Waals surface area contributed by atoms with E-state index in [0.29, 0.717) is 0 Å². The third-order valence-electron chi connectivity index (χ3n) is 1.31. The minimum atomic E-state index is 0.767. The second-order valence-corrected chi connectivity index (χ2v) is 3.66. The zero-order chi connectivity index (χ0) is 8.43. The molecule has 3 nitrogen and oxygen atoms in total. The van der Waals surface area contributed by atoms with E-state index in [1.165, 1.54) is 0 Å². The Morgan fingerprint density at radius 1 is 1.45 bits per heavy atom. The molecule has 0 atom stereocenters. The van der Waals surface area contributed by atoms with Gasteiger partial charge >= 0.3 is 0 Å². The predicted molar refractivity (Wildman–Crippen MR) is 53.8 cm³/mol. The zero-order valence-electron chi connectivity index (χ0n) is 6.80. The van der Waals surface area contributed by atoms with Crippen molar-refractivity contribution >= 4 is 28.5 Å². The smallest absolute Gasteiger partial charge is 0.225 e. The molecule has 0 aliphatic heterocycles. The van der Waals surface area contributed by atoms with Crippen LogP contribution in [0.4, 0.5) is 5.95 Å². The molecule has 1 heterocycles. The number of nitrogens with zero attached hydrogens (tertiary/aromatic N) is 3. The molecule has 60 valence electrons. The molecule has 0 fully saturated rings. The SMILES string of the molecule is Cc1nc(N(C)C)ncc1I. The zero-order valence-corrected chi connectivity index (χ0v) is 8.95. The van der Waals surface area contributed by atoms with Crippen LogP contribution < -0.4 is 4.90 Å². The first-order valence-corrected chi connectivity index (χ1v) is 4.35. The van der Waals surface area contributed by atoms with Gasteiger partial charge in [-0.05, 0) is 29.5 Å². The molecule has 0 radical (unpaired) electrons. The molecule has 11 heavy (non-hydrogen) atoms. The molecule has 0 unspecified atom stereocenters. The lowest BCUT2D eigenvalue weighted by Crippen LogP contribution is -2.13. The van der Waals surface area contributed by atoms with Crippen molar-refractivity contribution in [2.45, 2.75) is 6.92 Å². The second kappa shape index (κ2) is 3.34. The molecule has 1 aromatic heterocycles. The summed E-state index contributed by atoms with van der Waals surface area (Å²) < 4.78 is 1.10. The largest absolute Gasteiger partial charge is 0.347 e. The Kier molecular flexibility index (Phi) is 2.64. The molecular formula is C7H10IN3. The summed E-state index contributed by atoms with van der Waals surface area (Å²) in [5.74, 6) is 0.767. The Bertz CT molecular complexity index is 260. The number of halogens is 1. The number of hydrogen-bond acceptors (Lipinski definition) is 3. The minimum Gasteiger partial charge on any atom is -0.347 e. The molecule has 0 aliphatic rings. The number of rotatable bonds is 1. The normalized spacial score (nSPS) is 9.82. The Morgan fingerprint density at radius 3 is 2.55 bits per heavy atom. The van der Waals surface area contributed by atoms with Gasteiger partial charge in [0.15, 0.2) is 0 Å². The molecule has 0 saturated heterocycles. The lowest BCUT2D eigenvalue weighted by molar-refractivity contribution is 0.969. The fraction of sp³-hybridized carbons (Fsp3) is 0.429. The first-order valence-electron chi connectivity index (χ1n) is 3.27. The van der Waals surface area contributed by atoms with Gasteiger partial charge in [-0.1, -0.05) is 0 Å². The summed E-state index contributed by atoms with van der Waals surface area (Å²) >= 11 is 2.22. The fourth-order valence-electron chi connectivity index (χ4n) is 0.656. The molecular weight excluding hydrogens is 253 g/mol. The van der Waals surface area contributed by atoms with Crippen molar-refractivity contribution in [3.63, 3.8) is 0 Å². The molecule has 0 spiro atoms. The van der Waals surface area contributed by atoms with Crippen molar-refractivity contribution in [3.05, 3.63) is 15.5 Å². The molecule has 0 aromatic carbocycles. The van der Waals surface area contributed by atoms with E-state index in [1.807, 2.05) is 32.1 Å². The van der Waals surface area contributed by atoms with Crippen LogP contribution in [0, 0.1) is 10.5 Å². The van der Waals surface area contributed by atoms with Crippen molar-refractivity contribution in [1.82, 2.24) is 9.97 Å². The van der Waals surface area contributed by atoms with Crippen LogP contribution in [-0.4, -0.2) is 24.1 Å². The average Bonchev–Trinajstić information content (AvgIpc) is 1.94. The van der Waals surface area contributed by atoms with Gasteiger partial charge in [-0.15, -0.1) is 0 Å². The molecule has 1 rings (SSSR count). The van der Waals surface area contributed by atoms with Crippen LogP contribution in [-0.2, 0) is 0 Å². The van der Waals surface area contributed by atoms with Gasteiger partial charge in [-0.2, -0.15) is 0 Å². The Labute approximate surface area is 80.0 Å². The summed E-state index contributed by atoms with van der Waals surface area (Å²) in [6.07, 6.45) is 1.83. The van der Waals surface area contributed by atoms with Crippen LogP contribution in [0.2, 0.25) is 0 Å². The van der Waals surface area contributed by atoms with Crippen molar-refractivity contribution < 1.29 is 0 Å². The van der Waals surface area contributed by atoms with Crippen molar-refractivity contribution in [2.75, 3.05) is 19.0 Å². The van der Waals surface area contributed by atoms with Gasteiger partial charge < -0.3 is 4.90 Å².